The molecular weight excluding hydrogens is 611 g/mol. The molecule has 0 bridgehead atoms. The molecule has 0 aromatic heterocycles. The Hall–Kier alpha value is -1.19. The smallest absolute Gasteiger partial charge is 0.355 e. The average Bonchev–Trinajstić information content (AvgIpc) is 3.28. The third-order valence-corrected chi connectivity index (χ3v) is 6.26. The van der Waals surface area contributed by atoms with Gasteiger partial charge in [0.2, 0.25) is 0 Å². The predicted octanol–water partition coefficient (Wildman–Crippen LogP) is 5.50. The molecule has 3 aliphatic rings. The lowest BCUT2D eigenvalue weighted by Crippen LogP contribution is -2.70. The van der Waals surface area contributed by atoms with Crippen LogP contribution in [-0.4, -0.2) is 98.1 Å². The third-order valence-electron chi connectivity index (χ3n) is 6.26. The van der Waals surface area contributed by atoms with Gasteiger partial charge in [-0.1, -0.05) is 0 Å². The molecule has 0 unspecified atom stereocenters. The molecule has 0 aliphatic carbocycles. The molecule has 3 saturated heterocycles. The first kappa shape index (κ1) is 34.3. The number of fused-ring (bicyclic) bond motifs is 3. The van der Waals surface area contributed by atoms with E-state index in [9.17, 15) is 57.1 Å². The molecule has 3 heterocycles. The summed E-state index contributed by atoms with van der Waals surface area (Å²) in [4.78, 5) is 0. The maximum Gasteiger partial charge on any atom is 0.460 e. The van der Waals surface area contributed by atoms with E-state index in [0.29, 0.717) is 0 Å². The Balaban J connectivity index is 1.56. The van der Waals surface area contributed by atoms with Crippen LogP contribution in [0.15, 0.2) is 0 Å². The van der Waals surface area contributed by atoms with Crippen LogP contribution in [0.5, 0.6) is 0 Å². The molecule has 0 spiro atoms. The van der Waals surface area contributed by atoms with Crippen LogP contribution in [0.25, 0.3) is 0 Å². The van der Waals surface area contributed by atoms with Crippen molar-refractivity contribution in [1.29, 1.82) is 0 Å². The minimum Gasteiger partial charge on any atom is -0.355 e. The van der Waals surface area contributed by atoms with E-state index in [-0.39, 0.29) is 0 Å². The van der Waals surface area contributed by atoms with Crippen LogP contribution < -0.4 is 0 Å². The predicted molar refractivity (Wildman–Crippen MR) is 105 cm³/mol. The van der Waals surface area contributed by atoms with Gasteiger partial charge in [0.1, 0.15) is 31.2 Å². The van der Waals surface area contributed by atoms with Crippen LogP contribution >= 0.6 is 0 Å². The van der Waals surface area contributed by atoms with E-state index >= 15 is 0 Å². The number of alkyl halides is 13. The normalized spacial score (nSPS) is 30.8. The van der Waals surface area contributed by atoms with E-state index in [0.717, 1.165) is 0 Å². The van der Waals surface area contributed by atoms with Gasteiger partial charge in [-0.2, -0.15) is 57.1 Å². The van der Waals surface area contributed by atoms with Crippen molar-refractivity contribution in [3.8, 4) is 0 Å². The van der Waals surface area contributed by atoms with Gasteiger partial charge in [0.05, 0.1) is 13.2 Å². The molecule has 7 nitrogen and oxygen atoms in total. The summed E-state index contributed by atoms with van der Waals surface area (Å²) >= 11 is 0. The fourth-order valence-corrected chi connectivity index (χ4v) is 4.27. The Bertz CT molecular complexity index is 941. The average molecular weight is 636 g/mol. The van der Waals surface area contributed by atoms with Gasteiger partial charge < -0.3 is 33.2 Å². The van der Waals surface area contributed by atoms with Crippen LogP contribution in [0.4, 0.5) is 57.1 Å². The van der Waals surface area contributed by atoms with Gasteiger partial charge in [0, 0.05) is 6.42 Å². The molecule has 0 aromatic carbocycles. The summed E-state index contributed by atoms with van der Waals surface area (Å²) < 4.78 is 209. The molecule has 242 valence electrons. The minimum atomic E-state index is -7.95. The van der Waals surface area contributed by atoms with E-state index in [4.69, 9.17) is 28.4 Å². The quantitative estimate of drug-likeness (QED) is 0.169. The van der Waals surface area contributed by atoms with Crippen molar-refractivity contribution >= 4 is 0 Å². The fraction of sp³-hybridized carbons (Fsp3) is 1.00. The first-order chi connectivity index (χ1) is 18.2. The highest BCUT2D eigenvalue weighted by Gasteiger charge is 2.90. The molecule has 20 heteroatoms. The van der Waals surface area contributed by atoms with E-state index in [1.54, 1.807) is 27.7 Å². The van der Waals surface area contributed by atoms with Crippen LogP contribution in [0.2, 0.25) is 0 Å². The Kier molecular flexibility index (Phi) is 8.76. The van der Waals surface area contributed by atoms with Gasteiger partial charge in [-0.15, -0.1) is 0 Å². The number of ether oxygens (including phenoxy) is 7. The molecular formula is C21H25F13O7. The number of hydrogen-bond donors (Lipinski definition) is 0. The lowest BCUT2D eigenvalue weighted by Gasteiger charge is -2.39. The van der Waals surface area contributed by atoms with E-state index < -0.39 is 104 Å². The van der Waals surface area contributed by atoms with Crippen molar-refractivity contribution in [2.45, 2.75) is 112 Å². The highest BCUT2D eigenvalue weighted by atomic mass is 19.4. The monoisotopic (exact) mass is 636 g/mol. The fourth-order valence-electron chi connectivity index (χ4n) is 4.27. The van der Waals surface area contributed by atoms with E-state index in [1.807, 2.05) is 0 Å². The highest BCUT2D eigenvalue weighted by Crippen LogP contribution is 2.60. The minimum absolute atomic E-state index is 0.420. The molecule has 5 atom stereocenters. The number of hydrogen-bond acceptors (Lipinski definition) is 7. The zero-order valence-electron chi connectivity index (χ0n) is 21.5. The van der Waals surface area contributed by atoms with Crippen molar-refractivity contribution < 1.29 is 90.2 Å². The van der Waals surface area contributed by atoms with Crippen molar-refractivity contribution in [3.63, 3.8) is 0 Å². The van der Waals surface area contributed by atoms with Crippen molar-refractivity contribution in [1.82, 2.24) is 0 Å². The van der Waals surface area contributed by atoms with Gasteiger partial charge in [0.25, 0.3) is 0 Å². The zero-order chi connectivity index (χ0) is 31.7. The lowest BCUT2D eigenvalue weighted by atomic mass is 9.93. The number of halogens is 13. The van der Waals surface area contributed by atoms with E-state index in [1.165, 1.54) is 0 Å². The van der Waals surface area contributed by atoms with Crippen molar-refractivity contribution in [2.24, 2.45) is 0 Å². The van der Waals surface area contributed by atoms with Crippen LogP contribution in [0, 0.1) is 0 Å². The highest BCUT2D eigenvalue weighted by molar-refractivity contribution is 5.10. The van der Waals surface area contributed by atoms with Crippen molar-refractivity contribution in [2.75, 3.05) is 20.0 Å². The van der Waals surface area contributed by atoms with Crippen LogP contribution in [0.1, 0.15) is 34.1 Å². The molecule has 3 fully saturated rings. The van der Waals surface area contributed by atoms with Crippen LogP contribution in [0.3, 0.4) is 0 Å². The third kappa shape index (κ3) is 5.98. The summed E-state index contributed by atoms with van der Waals surface area (Å²) in [6, 6.07) is 0. The molecule has 41 heavy (non-hydrogen) atoms. The number of rotatable bonds is 11. The van der Waals surface area contributed by atoms with Gasteiger partial charge >= 0.3 is 35.8 Å². The van der Waals surface area contributed by atoms with Crippen LogP contribution in [-0.2, 0) is 33.2 Å². The Morgan fingerprint density at radius 1 is 0.585 bits per heavy atom. The largest absolute Gasteiger partial charge is 0.460 e. The topological polar surface area (TPSA) is 64.6 Å². The molecule has 3 rings (SSSR count). The Morgan fingerprint density at radius 2 is 1.07 bits per heavy atom. The standard InChI is InChI=1S/C21H25F13O7/c1-14(2)38-10-9(37-13-12(11(10)39-14)40-15(3,4)41-13)7-36-8-35-6-5-16(22,23)17(24,25)18(26,27)19(28,29)20(30,31)21(32,33)34/h9-13H,5-8H2,1-4H3/t9-,10+,11+,12-,13-/m1/s1. The first-order valence-electron chi connectivity index (χ1n) is 11.7. The maximum absolute atomic E-state index is 13.8. The Labute approximate surface area is 223 Å². The maximum atomic E-state index is 13.8. The molecule has 0 amide bonds. The van der Waals surface area contributed by atoms with E-state index in [2.05, 4.69) is 4.74 Å². The molecule has 0 saturated carbocycles. The molecule has 3 aliphatic heterocycles. The van der Waals surface area contributed by atoms with Gasteiger partial charge in [-0.05, 0) is 27.7 Å². The summed E-state index contributed by atoms with van der Waals surface area (Å²) in [5, 5.41) is 0. The van der Waals surface area contributed by atoms with Gasteiger partial charge in [-0.25, -0.2) is 0 Å². The summed E-state index contributed by atoms with van der Waals surface area (Å²) in [5.41, 5.74) is 0. The summed E-state index contributed by atoms with van der Waals surface area (Å²) in [7, 11) is 0. The first-order valence-corrected chi connectivity index (χ1v) is 11.7. The van der Waals surface area contributed by atoms with Crippen molar-refractivity contribution in [3.05, 3.63) is 0 Å². The molecule has 0 aromatic rings. The van der Waals surface area contributed by atoms with Gasteiger partial charge in [0.15, 0.2) is 17.9 Å². The molecule has 0 N–H and O–H groups in total. The van der Waals surface area contributed by atoms with Gasteiger partial charge in [-0.3, -0.25) is 0 Å². The Morgan fingerprint density at radius 3 is 1.63 bits per heavy atom. The second-order valence-electron chi connectivity index (χ2n) is 10.4. The SMILES string of the molecule is CC1(C)O[C@H]2[C@@H](O1)[C@@H](COCOCCC(F)(F)C(F)(F)C(F)(F)C(F)(F)C(F)(F)C(F)(F)F)O[C@@H]1OC(C)(C)O[C@@H]12. The summed E-state index contributed by atoms with van der Waals surface area (Å²) in [5.74, 6) is -39.3. The zero-order valence-corrected chi connectivity index (χ0v) is 21.5. The second kappa shape index (κ2) is 10.5. The lowest BCUT2D eigenvalue weighted by molar-refractivity contribution is -0.440. The summed E-state index contributed by atoms with van der Waals surface area (Å²) in [6.07, 6.45) is -14.1. The second-order valence-corrected chi connectivity index (χ2v) is 10.4. The molecule has 0 radical (unpaired) electrons. The summed E-state index contributed by atoms with van der Waals surface area (Å²) in [6.45, 7) is 3.36.